The Labute approximate surface area is 111 Å². The molecule has 0 atom stereocenters. The second kappa shape index (κ2) is 5.87. The van der Waals surface area contributed by atoms with E-state index in [-0.39, 0.29) is 5.69 Å². The van der Waals surface area contributed by atoms with Crippen LogP contribution >= 0.6 is 15.9 Å². The van der Waals surface area contributed by atoms with Crippen molar-refractivity contribution in [3.05, 3.63) is 22.9 Å². The Balaban J connectivity index is 2.58. The van der Waals surface area contributed by atoms with Crippen LogP contribution in [0.15, 0.2) is 22.9 Å². The maximum atomic E-state index is 11.9. The van der Waals surface area contributed by atoms with Gasteiger partial charge >= 0.3 is 6.18 Å². The van der Waals surface area contributed by atoms with Crippen LogP contribution in [0, 0.1) is 0 Å². The molecule has 0 bridgehead atoms. The van der Waals surface area contributed by atoms with Crippen LogP contribution in [0.1, 0.15) is 12.8 Å². The van der Waals surface area contributed by atoms with Gasteiger partial charge in [-0.3, -0.25) is 9.71 Å². The fourth-order valence-corrected chi connectivity index (χ4v) is 2.76. The third-order valence-corrected chi connectivity index (χ3v) is 3.90. The van der Waals surface area contributed by atoms with Crippen molar-refractivity contribution >= 4 is 31.6 Å². The van der Waals surface area contributed by atoms with Crippen molar-refractivity contribution in [2.24, 2.45) is 0 Å². The molecule has 0 aliphatic heterocycles. The van der Waals surface area contributed by atoms with Gasteiger partial charge in [0.1, 0.15) is 0 Å². The zero-order valence-corrected chi connectivity index (χ0v) is 11.4. The van der Waals surface area contributed by atoms with Gasteiger partial charge in [-0.1, -0.05) is 0 Å². The lowest BCUT2D eigenvalue weighted by Gasteiger charge is -2.10. The third-order valence-electron chi connectivity index (χ3n) is 1.91. The van der Waals surface area contributed by atoms with E-state index in [1.54, 1.807) is 0 Å². The molecule has 0 amide bonds. The van der Waals surface area contributed by atoms with Crippen molar-refractivity contribution in [2.45, 2.75) is 19.0 Å². The topological polar surface area (TPSA) is 59.1 Å². The Kier molecular flexibility index (Phi) is 4.97. The number of anilines is 1. The summed E-state index contributed by atoms with van der Waals surface area (Å²) in [5, 5.41) is 0. The van der Waals surface area contributed by atoms with E-state index in [9.17, 15) is 21.6 Å². The fourth-order valence-electron chi connectivity index (χ4n) is 1.14. The summed E-state index contributed by atoms with van der Waals surface area (Å²) in [6, 6.07) is 1.41. The number of pyridine rings is 1. The molecule has 1 rings (SSSR count). The van der Waals surface area contributed by atoms with Crippen LogP contribution in [-0.2, 0) is 10.0 Å². The Bertz CT molecular complexity index is 505. The summed E-state index contributed by atoms with van der Waals surface area (Å²) in [6.45, 7) is 0. The Morgan fingerprint density at radius 1 is 1.39 bits per heavy atom. The van der Waals surface area contributed by atoms with Crippen LogP contribution in [0.25, 0.3) is 0 Å². The standard InChI is InChI=1S/C9H10BrF3N2O2S/c10-7-6-14-4-2-8(7)15-18(16,17)5-1-3-9(11,12)13/h2,4,6H,1,3,5H2,(H,14,15). The molecule has 4 nitrogen and oxygen atoms in total. The summed E-state index contributed by atoms with van der Waals surface area (Å²) >= 11 is 3.08. The molecule has 0 aliphatic rings. The van der Waals surface area contributed by atoms with Gasteiger partial charge < -0.3 is 0 Å². The van der Waals surface area contributed by atoms with Crippen molar-refractivity contribution in [3.8, 4) is 0 Å². The first-order chi connectivity index (χ1) is 8.20. The molecule has 0 radical (unpaired) electrons. The summed E-state index contributed by atoms with van der Waals surface area (Å²) in [4.78, 5) is 3.74. The maximum Gasteiger partial charge on any atom is 0.389 e. The van der Waals surface area contributed by atoms with Gasteiger partial charge in [0, 0.05) is 18.8 Å². The van der Waals surface area contributed by atoms with Crippen LogP contribution < -0.4 is 4.72 Å². The van der Waals surface area contributed by atoms with Crippen molar-refractivity contribution in [1.29, 1.82) is 0 Å². The van der Waals surface area contributed by atoms with E-state index in [1.807, 2.05) is 0 Å². The summed E-state index contributed by atoms with van der Waals surface area (Å²) < 4.78 is 61.3. The monoisotopic (exact) mass is 346 g/mol. The second-order valence-electron chi connectivity index (χ2n) is 3.50. The molecular formula is C9H10BrF3N2O2S. The van der Waals surface area contributed by atoms with Gasteiger partial charge in [0.15, 0.2) is 0 Å². The lowest BCUT2D eigenvalue weighted by Crippen LogP contribution is -2.19. The van der Waals surface area contributed by atoms with Crippen LogP contribution in [0.4, 0.5) is 18.9 Å². The van der Waals surface area contributed by atoms with E-state index < -0.39 is 34.8 Å². The van der Waals surface area contributed by atoms with E-state index in [2.05, 4.69) is 25.6 Å². The zero-order valence-electron chi connectivity index (χ0n) is 9.04. The molecule has 0 saturated carbocycles. The summed E-state index contributed by atoms with van der Waals surface area (Å²) in [7, 11) is -3.79. The second-order valence-corrected chi connectivity index (χ2v) is 6.19. The molecule has 18 heavy (non-hydrogen) atoms. The molecule has 0 unspecified atom stereocenters. The number of alkyl halides is 3. The largest absolute Gasteiger partial charge is 0.389 e. The first-order valence-electron chi connectivity index (χ1n) is 4.86. The number of halogens is 4. The smallest absolute Gasteiger partial charge is 0.282 e. The highest BCUT2D eigenvalue weighted by molar-refractivity contribution is 9.10. The number of aromatic nitrogens is 1. The van der Waals surface area contributed by atoms with Gasteiger partial charge in [0.05, 0.1) is 15.9 Å². The molecule has 0 aliphatic carbocycles. The average Bonchev–Trinajstić information content (AvgIpc) is 2.18. The highest BCUT2D eigenvalue weighted by Gasteiger charge is 2.27. The summed E-state index contributed by atoms with van der Waals surface area (Å²) in [6.07, 6.45) is -3.17. The summed E-state index contributed by atoms with van der Waals surface area (Å²) in [5.74, 6) is -0.582. The van der Waals surface area contributed by atoms with E-state index in [0.29, 0.717) is 4.47 Å². The van der Waals surface area contributed by atoms with Crippen molar-refractivity contribution in [3.63, 3.8) is 0 Å². The number of nitrogens with zero attached hydrogens (tertiary/aromatic N) is 1. The van der Waals surface area contributed by atoms with Gasteiger partial charge in [-0.25, -0.2) is 8.42 Å². The number of sulfonamides is 1. The van der Waals surface area contributed by atoms with E-state index >= 15 is 0 Å². The predicted molar refractivity (Wildman–Crippen MR) is 64.6 cm³/mol. The van der Waals surface area contributed by atoms with E-state index in [0.717, 1.165) is 0 Å². The van der Waals surface area contributed by atoms with Crippen LogP contribution in [0.2, 0.25) is 0 Å². The van der Waals surface area contributed by atoms with Gasteiger partial charge in [-0.2, -0.15) is 13.2 Å². The van der Waals surface area contributed by atoms with E-state index in [4.69, 9.17) is 0 Å². The maximum absolute atomic E-state index is 11.9. The minimum Gasteiger partial charge on any atom is -0.282 e. The van der Waals surface area contributed by atoms with Crippen molar-refractivity contribution < 1.29 is 21.6 Å². The lowest BCUT2D eigenvalue weighted by atomic mass is 10.3. The van der Waals surface area contributed by atoms with Crippen LogP contribution in [0.5, 0.6) is 0 Å². The molecule has 0 spiro atoms. The number of hydrogen-bond acceptors (Lipinski definition) is 3. The quantitative estimate of drug-likeness (QED) is 0.891. The highest BCUT2D eigenvalue weighted by atomic mass is 79.9. The zero-order chi connectivity index (χ0) is 13.8. The van der Waals surface area contributed by atoms with Gasteiger partial charge in [-0.05, 0) is 28.4 Å². The minimum atomic E-state index is -4.34. The van der Waals surface area contributed by atoms with Gasteiger partial charge in [0.25, 0.3) is 0 Å². The van der Waals surface area contributed by atoms with E-state index in [1.165, 1.54) is 18.5 Å². The Hall–Kier alpha value is -0.830. The molecule has 0 fully saturated rings. The van der Waals surface area contributed by atoms with Crippen LogP contribution in [0.3, 0.4) is 0 Å². The molecule has 102 valence electrons. The molecule has 1 aromatic rings. The van der Waals surface area contributed by atoms with Crippen LogP contribution in [-0.4, -0.2) is 25.3 Å². The lowest BCUT2D eigenvalue weighted by molar-refractivity contribution is -0.134. The summed E-state index contributed by atoms with van der Waals surface area (Å²) in [5.41, 5.74) is 0.247. The highest BCUT2D eigenvalue weighted by Crippen LogP contribution is 2.23. The number of nitrogens with one attached hydrogen (secondary N) is 1. The van der Waals surface area contributed by atoms with Crippen molar-refractivity contribution in [2.75, 3.05) is 10.5 Å². The molecule has 0 aromatic carbocycles. The first-order valence-corrected chi connectivity index (χ1v) is 7.31. The van der Waals surface area contributed by atoms with Gasteiger partial charge in [0.2, 0.25) is 10.0 Å². The molecule has 1 N–H and O–H groups in total. The average molecular weight is 347 g/mol. The minimum absolute atomic E-state index is 0.247. The molecule has 1 heterocycles. The SMILES string of the molecule is O=S(=O)(CCCC(F)(F)F)Nc1ccncc1Br. The fraction of sp³-hybridized carbons (Fsp3) is 0.444. The predicted octanol–water partition coefficient (Wildman–Crippen LogP) is 2.93. The van der Waals surface area contributed by atoms with Crippen molar-refractivity contribution in [1.82, 2.24) is 4.98 Å². The van der Waals surface area contributed by atoms with Gasteiger partial charge in [-0.15, -0.1) is 0 Å². The Morgan fingerprint density at radius 2 is 2.06 bits per heavy atom. The molecule has 1 aromatic heterocycles. The first kappa shape index (κ1) is 15.2. The normalized spacial score (nSPS) is 12.4. The molecular weight excluding hydrogens is 337 g/mol. The number of rotatable bonds is 5. The third kappa shape index (κ3) is 5.67. The molecule has 9 heteroatoms. The number of hydrogen-bond donors (Lipinski definition) is 1. The Morgan fingerprint density at radius 3 is 2.61 bits per heavy atom. The molecule has 0 saturated heterocycles.